The topological polar surface area (TPSA) is 50.7 Å². The fourth-order valence-electron chi connectivity index (χ4n) is 2.20. The Kier molecular flexibility index (Phi) is 7.26. The van der Waals surface area contributed by atoms with E-state index in [0.29, 0.717) is 23.9 Å². The van der Waals surface area contributed by atoms with Crippen molar-refractivity contribution in [2.45, 2.75) is 45.1 Å². The third-order valence-corrected chi connectivity index (χ3v) is 3.23. The number of nitrogens with one attached hydrogen (secondary N) is 1. The molecule has 0 heterocycles. The largest absolute Gasteiger partial charge is 0.462 e. The number of hydrogen-bond acceptors (Lipinski definition) is 4. The first-order valence-corrected chi connectivity index (χ1v) is 7.01. The molecule has 0 aromatic heterocycles. The summed E-state index contributed by atoms with van der Waals surface area (Å²) in [6.07, 6.45) is 8.81. The average Bonchev–Trinajstić information content (AvgIpc) is 2.44. The molecule has 1 aliphatic carbocycles. The van der Waals surface area contributed by atoms with Crippen molar-refractivity contribution in [3.63, 3.8) is 0 Å². The van der Waals surface area contributed by atoms with Crippen LogP contribution in [0.4, 0.5) is 0 Å². The molecule has 1 saturated carbocycles. The van der Waals surface area contributed by atoms with Gasteiger partial charge in [-0.1, -0.05) is 25.8 Å². The molecule has 19 heavy (non-hydrogen) atoms. The van der Waals surface area contributed by atoms with Crippen molar-refractivity contribution in [2.75, 3.05) is 6.61 Å². The Bertz CT molecular complexity index is 372. The Morgan fingerprint density at radius 3 is 2.68 bits per heavy atom. The molecule has 0 saturated heterocycles. The zero-order chi connectivity index (χ0) is 14.1. The second-order valence-corrected chi connectivity index (χ2v) is 4.65. The molecule has 0 spiro atoms. The third-order valence-electron chi connectivity index (χ3n) is 3.13. The quantitative estimate of drug-likeness (QED) is 0.353. The van der Waals surface area contributed by atoms with E-state index >= 15 is 0 Å². The maximum Gasteiger partial charge on any atom is 0.341 e. The van der Waals surface area contributed by atoms with Crippen LogP contribution in [0.2, 0.25) is 0 Å². The van der Waals surface area contributed by atoms with Gasteiger partial charge in [0.15, 0.2) is 0 Å². The van der Waals surface area contributed by atoms with Crippen molar-refractivity contribution in [3.8, 4) is 0 Å². The second-order valence-electron chi connectivity index (χ2n) is 4.46. The molecule has 0 unspecified atom stereocenters. The number of esters is 1. The lowest BCUT2D eigenvalue weighted by atomic mass is 9.95. The minimum Gasteiger partial charge on any atom is -0.462 e. The van der Waals surface area contributed by atoms with Crippen LogP contribution in [0.3, 0.4) is 0 Å². The summed E-state index contributed by atoms with van der Waals surface area (Å²) in [4.78, 5) is 11.9. The van der Waals surface area contributed by atoms with E-state index in [1.54, 1.807) is 13.0 Å². The summed E-state index contributed by atoms with van der Waals surface area (Å²) in [5.41, 5.74) is 0.951. The molecule has 0 bridgehead atoms. The van der Waals surface area contributed by atoms with Crippen molar-refractivity contribution < 1.29 is 9.53 Å². The number of carbonyl (C=O) groups excluding carboxylic acids is 1. The van der Waals surface area contributed by atoms with Gasteiger partial charge >= 0.3 is 5.97 Å². The van der Waals surface area contributed by atoms with Gasteiger partial charge in [0, 0.05) is 23.5 Å². The number of nitrogens with zero attached hydrogens (tertiary/aromatic N) is 1. The highest BCUT2D eigenvalue weighted by Gasteiger charge is 2.18. The lowest BCUT2D eigenvalue weighted by Gasteiger charge is -2.25. The molecule has 0 aromatic rings. The van der Waals surface area contributed by atoms with E-state index in [1.807, 2.05) is 0 Å². The first-order valence-electron chi connectivity index (χ1n) is 6.67. The first-order chi connectivity index (χ1) is 9.22. The zero-order valence-corrected chi connectivity index (χ0v) is 12.1. The lowest BCUT2D eigenvalue weighted by molar-refractivity contribution is -0.137. The number of carbonyl (C=O) groups is 1. The summed E-state index contributed by atoms with van der Waals surface area (Å²) in [5.74, 6) is -0.440. The molecule has 1 aliphatic rings. The fourth-order valence-corrected chi connectivity index (χ4v) is 2.30. The van der Waals surface area contributed by atoms with E-state index < -0.39 is 5.97 Å². The van der Waals surface area contributed by atoms with Crippen LogP contribution in [0, 0.1) is 0 Å². The van der Waals surface area contributed by atoms with Gasteiger partial charge in [-0.25, -0.2) is 4.79 Å². The lowest BCUT2D eigenvalue weighted by Crippen LogP contribution is -2.31. The molecule has 0 atom stereocenters. The first kappa shape index (κ1) is 15.8. The summed E-state index contributed by atoms with van der Waals surface area (Å²) >= 11 is 5.35. The smallest absolute Gasteiger partial charge is 0.341 e. The maximum atomic E-state index is 11.9. The van der Waals surface area contributed by atoms with Crippen molar-refractivity contribution in [3.05, 3.63) is 23.9 Å². The molecule has 1 fully saturated rings. The Hall–Kier alpha value is -1.29. The van der Waals surface area contributed by atoms with Crippen molar-refractivity contribution in [1.82, 2.24) is 5.32 Å². The predicted octanol–water partition coefficient (Wildman–Crippen LogP) is 3.14. The third kappa shape index (κ3) is 5.07. The Labute approximate surface area is 119 Å². The van der Waals surface area contributed by atoms with Crippen LogP contribution >= 0.6 is 11.8 Å². The number of ether oxygens (including phenoxy) is 1. The molecule has 0 aliphatic heterocycles. The Morgan fingerprint density at radius 2 is 2.16 bits per heavy atom. The summed E-state index contributed by atoms with van der Waals surface area (Å²) in [5, 5.41) is 3.34. The number of allylic oxidation sites excluding steroid dienone is 1. The molecule has 0 radical (unpaired) electrons. The fraction of sp³-hybridized carbons (Fsp3) is 0.571. The van der Waals surface area contributed by atoms with Gasteiger partial charge in [0.2, 0.25) is 0 Å². The zero-order valence-electron chi connectivity index (χ0n) is 11.3. The molecular weight excluding hydrogens is 264 g/mol. The van der Waals surface area contributed by atoms with Crippen LogP contribution in [-0.4, -0.2) is 24.8 Å². The van der Waals surface area contributed by atoms with Crippen molar-refractivity contribution in [2.24, 2.45) is 4.51 Å². The van der Waals surface area contributed by atoms with Crippen molar-refractivity contribution in [1.29, 1.82) is 0 Å². The molecule has 4 nitrogen and oxygen atoms in total. The number of hydrogen-bond donors (Lipinski definition) is 1. The molecule has 1 N–H and O–H groups in total. The molecular formula is C14H21ClN2O2. The SMILES string of the molecule is C=C/C(NC1CCCCC1)=C(\C=NCl)C(=O)OCC. The van der Waals surface area contributed by atoms with Crippen LogP contribution in [0.15, 0.2) is 28.4 Å². The molecule has 5 heteroatoms. The van der Waals surface area contributed by atoms with Crippen LogP contribution in [0.5, 0.6) is 0 Å². The minimum atomic E-state index is -0.440. The van der Waals surface area contributed by atoms with Crippen molar-refractivity contribution >= 4 is 24.0 Å². The average molecular weight is 285 g/mol. The van der Waals surface area contributed by atoms with Gasteiger partial charge in [0.1, 0.15) is 5.57 Å². The summed E-state index contributed by atoms with van der Waals surface area (Å²) in [7, 11) is 0. The van der Waals surface area contributed by atoms with E-state index in [1.165, 1.54) is 25.5 Å². The van der Waals surface area contributed by atoms with Gasteiger partial charge < -0.3 is 10.1 Å². The highest BCUT2D eigenvalue weighted by atomic mass is 35.5. The summed E-state index contributed by atoms with van der Waals surface area (Å²) in [6.45, 7) is 5.81. The van der Waals surface area contributed by atoms with E-state index in [-0.39, 0.29) is 0 Å². The van der Waals surface area contributed by atoms with Crippen LogP contribution < -0.4 is 5.32 Å². The van der Waals surface area contributed by atoms with Crippen LogP contribution in [0.25, 0.3) is 0 Å². The molecule has 0 aromatic carbocycles. The van der Waals surface area contributed by atoms with Gasteiger partial charge in [-0.05, 0) is 25.8 Å². The Morgan fingerprint density at radius 1 is 1.47 bits per heavy atom. The van der Waals surface area contributed by atoms with Crippen LogP contribution in [0.1, 0.15) is 39.0 Å². The highest BCUT2D eigenvalue weighted by Crippen LogP contribution is 2.19. The molecule has 106 valence electrons. The predicted molar refractivity (Wildman–Crippen MR) is 78.2 cm³/mol. The van der Waals surface area contributed by atoms with Gasteiger partial charge in [-0.15, -0.1) is 0 Å². The van der Waals surface area contributed by atoms with Gasteiger partial charge in [0.25, 0.3) is 0 Å². The van der Waals surface area contributed by atoms with E-state index in [4.69, 9.17) is 16.5 Å². The van der Waals surface area contributed by atoms with Gasteiger partial charge in [0.05, 0.1) is 12.8 Å². The standard InChI is InChI=1S/C14H21ClN2O2/c1-3-13(17-11-8-6-5-7-9-11)12(10-16-15)14(18)19-4-2/h3,10-11,17H,1,4-9H2,2H3/b13-12-,16-10?. The minimum absolute atomic E-state index is 0.312. The summed E-state index contributed by atoms with van der Waals surface area (Å²) in [6, 6.07) is 0.370. The van der Waals surface area contributed by atoms with E-state index in [0.717, 1.165) is 12.8 Å². The summed E-state index contributed by atoms with van der Waals surface area (Å²) < 4.78 is 8.40. The van der Waals surface area contributed by atoms with Gasteiger partial charge in [-0.2, -0.15) is 4.51 Å². The highest BCUT2D eigenvalue weighted by molar-refractivity contribution is 6.22. The normalized spacial score (nSPS) is 18.0. The monoisotopic (exact) mass is 284 g/mol. The molecule has 0 amide bonds. The van der Waals surface area contributed by atoms with E-state index in [2.05, 4.69) is 16.4 Å². The van der Waals surface area contributed by atoms with Crippen LogP contribution in [-0.2, 0) is 9.53 Å². The number of halogens is 1. The van der Waals surface area contributed by atoms with Gasteiger partial charge in [-0.3, -0.25) is 0 Å². The second kappa shape index (κ2) is 8.75. The Balaban J connectivity index is 2.87. The maximum absolute atomic E-state index is 11.9. The number of rotatable bonds is 6. The molecule has 1 rings (SSSR count). The van der Waals surface area contributed by atoms with E-state index in [9.17, 15) is 4.79 Å².